The molecule has 10 heteroatoms. The lowest BCUT2D eigenvalue weighted by molar-refractivity contribution is -0.141. The zero-order valence-electron chi connectivity index (χ0n) is 16.9. The summed E-state index contributed by atoms with van der Waals surface area (Å²) in [6, 6.07) is 11.3. The van der Waals surface area contributed by atoms with Gasteiger partial charge in [-0.15, -0.1) is 0 Å². The highest BCUT2D eigenvalue weighted by atomic mass is 35.5. The maximum atomic E-state index is 12.9. The lowest BCUT2D eigenvalue weighted by Gasteiger charge is -2.25. The number of pyridine rings is 2. The van der Waals surface area contributed by atoms with Gasteiger partial charge in [0.2, 0.25) is 0 Å². The SMILES string of the molecule is Cc1ccn(-c2cc(Cl)cc(C(C)(C)c3cccc(-n4ccc(C(F)(F)F)n4)n3)n2)n1. The van der Waals surface area contributed by atoms with Gasteiger partial charge in [0.1, 0.15) is 0 Å². The molecule has 160 valence electrons. The molecular weight excluding hydrogens is 429 g/mol. The molecule has 4 aromatic heterocycles. The Labute approximate surface area is 181 Å². The first-order valence-electron chi connectivity index (χ1n) is 9.35. The van der Waals surface area contributed by atoms with E-state index in [4.69, 9.17) is 16.6 Å². The van der Waals surface area contributed by atoms with Gasteiger partial charge in [0.15, 0.2) is 17.3 Å². The minimum Gasteiger partial charge on any atom is -0.233 e. The van der Waals surface area contributed by atoms with Crippen LogP contribution in [0.25, 0.3) is 11.6 Å². The van der Waals surface area contributed by atoms with Gasteiger partial charge in [-0.2, -0.15) is 23.4 Å². The van der Waals surface area contributed by atoms with E-state index in [-0.39, 0.29) is 5.82 Å². The van der Waals surface area contributed by atoms with Crippen LogP contribution in [0.2, 0.25) is 5.02 Å². The molecule has 0 aromatic carbocycles. The number of hydrogen-bond acceptors (Lipinski definition) is 4. The standard InChI is InChI=1S/C21H18ClF3N6/c1-13-7-9-31(28-13)19-12-14(22)11-17(27-19)20(2,3)15-5-4-6-18(26-15)30-10-8-16(29-30)21(23,24)25/h4-12H,1-3H3. The maximum absolute atomic E-state index is 12.9. The molecular formula is C21H18ClF3N6. The van der Waals surface area contributed by atoms with Crippen molar-refractivity contribution in [3.63, 3.8) is 0 Å². The predicted molar refractivity (Wildman–Crippen MR) is 110 cm³/mol. The highest BCUT2D eigenvalue weighted by Gasteiger charge is 2.34. The van der Waals surface area contributed by atoms with Gasteiger partial charge in [0.05, 0.1) is 17.1 Å². The summed E-state index contributed by atoms with van der Waals surface area (Å²) in [4.78, 5) is 9.26. The Morgan fingerprint density at radius 1 is 0.806 bits per heavy atom. The van der Waals surface area contributed by atoms with Crippen molar-refractivity contribution in [1.29, 1.82) is 0 Å². The normalized spacial score (nSPS) is 12.4. The van der Waals surface area contributed by atoms with Crippen molar-refractivity contribution >= 4 is 11.6 Å². The molecule has 31 heavy (non-hydrogen) atoms. The molecule has 4 aromatic rings. The number of rotatable bonds is 4. The molecule has 0 atom stereocenters. The molecule has 0 saturated heterocycles. The molecule has 0 saturated carbocycles. The number of aryl methyl sites for hydroxylation is 1. The fourth-order valence-corrected chi connectivity index (χ4v) is 3.30. The smallest absolute Gasteiger partial charge is 0.233 e. The second-order valence-corrected chi connectivity index (χ2v) is 8.02. The lowest BCUT2D eigenvalue weighted by atomic mass is 9.84. The molecule has 0 fully saturated rings. The van der Waals surface area contributed by atoms with E-state index in [9.17, 15) is 13.2 Å². The minimum atomic E-state index is -4.52. The van der Waals surface area contributed by atoms with Crippen molar-refractivity contribution in [2.75, 3.05) is 0 Å². The summed E-state index contributed by atoms with van der Waals surface area (Å²) < 4.78 is 41.4. The molecule has 0 aliphatic carbocycles. The van der Waals surface area contributed by atoms with E-state index in [2.05, 4.69) is 15.2 Å². The molecule has 0 aliphatic rings. The van der Waals surface area contributed by atoms with Crippen molar-refractivity contribution in [2.45, 2.75) is 32.4 Å². The average Bonchev–Trinajstić information content (AvgIpc) is 3.37. The van der Waals surface area contributed by atoms with Gasteiger partial charge in [0.25, 0.3) is 0 Å². The Balaban J connectivity index is 1.74. The summed E-state index contributed by atoms with van der Waals surface area (Å²) in [5.74, 6) is 0.827. The highest BCUT2D eigenvalue weighted by molar-refractivity contribution is 6.30. The molecule has 0 spiro atoms. The monoisotopic (exact) mass is 446 g/mol. The van der Waals surface area contributed by atoms with E-state index >= 15 is 0 Å². The second kappa shape index (κ2) is 7.49. The van der Waals surface area contributed by atoms with Crippen molar-refractivity contribution in [2.24, 2.45) is 0 Å². The Morgan fingerprint density at radius 2 is 1.48 bits per heavy atom. The van der Waals surface area contributed by atoms with E-state index in [1.54, 1.807) is 41.2 Å². The molecule has 0 aliphatic heterocycles. The third-order valence-corrected chi connectivity index (χ3v) is 5.08. The molecule has 6 nitrogen and oxygen atoms in total. The highest BCUT2D eigenvalue weighted by Crippen LogP contribution is 2.32. The fraction of sp³-hybridized carbons (Fsp3) is 0.238. The summed E-state index contributed by atoms with van der Waals surface area (Å²) in [6.07, 6.45) is -1.49. The molecule has 4 heterocycles. The van der Waals surface area contributed by atoms with Gasteiger partial charge in [0, 0.05) is 28.9 Å². The number of hydrogen-bond donors (Lipinski definition) is 0. The first-order chi connectivity index (χ1) is 14.5. The van der Waals surface area contributed by atoms with Crippen LogP contribution in [0.15, 0.2) is 54.9 Å². The molecule has 0 N–H and O–H groups in total. The summed E-state index contributed by atoms with van der Waals surface area (Å²) in [7, 11) is 0. The van der Waals surface area contributed by atoms with Crippen molar-refractivity contribution < 1.29 is 13.2 Å². The predicted octanol–water partition coefficient (Wildman–Crippen LogP) is 5.15. The maximum Gasteiger partial charge on any atom is 0.435 e. The molecule has 0 bridgehead atoms. The van der Waals surface area contributed by atoms with E-state index in [0.717, 1.165) is 16.4 Å². The number of alkyl halides is 3. The Bertz CT molecular complexity index is 1240. The summed E-state index contributed by atoms with van der Waals surface area (Å²) >= 11 is 6.35. The topological polar surface area (TPSA) is 61.4 Å². The first kappa shape index (κ1) is 21.0. The largest absolute Gasteiger partial charge is 0.435 e. The summed E-state index contributed by atoms with van der Waals surface area (Å²) in [6.45, 7) is 5.71. The van der Waals surface area contributed by atoms with Gasteiger partial charge in [-0.25, -0.2) is 19.3 Å². The van der Waals surface area contributed by atoms with Gasteiger partial charge in [-0.1, -0.05) is 17.7 Å². The van der Waals surface area contributed by atoms with E-state index in [1.807, 2.05) is 26.8 Å². The van der Waals surface area contributed by atoms with E-state index in [0.29, 0.717) is 22.2 Å². The van der Waals surface area contributed by atoms with E-state index < -0.39 is 17.3 Å². The first-order valence-corrected chi connectivity index (χ1v) is 9.73. The third kappa shape index (κ3) is 4.18. The van der Waals surface area contributed by atoms with Crippen LogP contribution in [0.5, 0.6) is 0 Å². The number of halogens is 4. The van der Waals surface area contributed by atoms with Crippen LogP contribution >= 0.6 is 11.6 Å². The molecule has 4 rings (SSSR count). The van der Waals surface area contributed by atoms with Crippen LogP contribution in [0.1, 0.15) is 36.6 Å². The van der Waals surface area contributed by atoms with Crippen LogP contribution in [-0.2, 0) is 11.6 Å². The quantitative estimate of drug-likeness (QED) is 0.434. The van der Waals surface area contributed by atoms with Crippen molar-refractivity contribution in [3.05, 3.63) is 82.7 Å². The zero-order valence-corrected chi connectivity index (χ0v) is 17.6. The Morgan fingerprint density at radius 3 is 2.13 bits per heavy atom. The second-order valence-electron chi connectivity index (χ2n) is 7.58. The van der Waals surface area contributed by atoms with E-state index in [1.165, 1.54) is 6.20 Å². The van der Waals surface area contributed by atoms with Gasteiger partial charge >= 0.3 is 6.18 Å². The molecule has 0 radical (unpaired) electrons. The zero-order chi connectivity index (χ0) is 22.4. The summed E-state index contributed by atoms with van der Waals surface area (Å²) in [5, 5.41) is 8.45. The minimum absolute atomic E-state index is 0.269. The number of aromatic nitrogens is 6. The third-order valence-electron chi connectivity index (χ3n) is 4.86. The summed E-state index contributed by atoms with van der Waals surface area (Å²) in [5.41, 5.74) is 0.414. The van der Waals surface area contributed by atoms with Gasteiger partial charge in [-0.3, -0.25) is 0 Å². The Hall–Kier alpha value is -3.20. The molecule has 0 unspecified atom stereocenters. The fourth-order valence-electron chi connectivity index (χ4n) is 3.10. The van der Waals surface area contributed by atoms with Crippen LogP contribution in [0.4, 0.5) is 13.2 Å². The van der Waals surface area contributed by atoms with Crippen LogP contribution in [0.3, 0.4) is 0 Å². The lowest BCUT2D eigenvalue weighted by Crippen LogP contribution is -2.23. The molecule has 0 amide bonds. The number of nitrogens with zero attached hydrogens (tertiary/aromatic N) is 6. The van der Waals surface area contributed by atoms with Crippen LogP contribution < -0.4 is 0 Å². The Kier molecular flexibility index (Phi) is 5.09. The van der Waals surface area contributed by atoms with Crippen molar-refractivity contribution in [1.82, 2.24) is 29.5 Å². The average molecular weight is 447 g/mol. The van der Waals surface area contributed by atoms with Crippen LogP contribution in [-0.4, -0.2) is 29.5 Å². The van der Waals surface area contributed by atoms with Crippen molar-refractivity contribution in [3.8, 4) is 11.6 Å². The van der Waals surface area contributed by atoms with Crippen LogP contribution in [0, 0.1) is 6.92 Å². The van der Waals surface area contributed by atoms with Gasteiger partial charge in [-0.05, 0) is 51.1 Å². The van der Waals surface area contributed by atoms with Gasteiger partial charge < -0.3 is 0 Å².